The van der Waals surface area contributed by atoms with Gasteiger partial charge >= 0.3 is 0 Å². The molecule has 1 fully saturated rings. The number of hydrogen-bond donors (Lipinski definition) is 3. The maximum atomic E-state index is 12.1. The van der Waals surface area contributed by atoms with Crippen LogP contribution in [0.15, 0.2) is 30.3 Å². The molecule has 0 aliphatic heterocycles. The molecule has 0 heterocycles. The Labute approximate surface area is 151 Å². The lowest BCUT2D eigenvalue weighted by molar-refractivity contribution is -0.314. The van der Waals surface area contributed by atoms with Crippen molar-refractivity contribution in [2.24, 2.45) is 11.8 Å². The molecule has 0 bridgehead atoms. The summed E-state index contributed by atoms with van der Waals surface area (Å²) in [6.45, 7) is 0. The maximum absolute atomic E-state index is 12.1. The molecule has 3 N–H and O–H groups in total. The van der Waals surface area contributed by atoms with Crippen molar-refractivity contribution in [1.82, 2.24) is 10.9 Å². The number of anilines is 1. The molecule has 1 aliphatic rings. The Morgan fingerprint density at radius 3 is 2.15 bits per heavy atom. The third-order valence-corrected chi connectivity index (χ3v) is 4.37. The smallest absolute Gasteiger partial charge is 0.242 e. The summed E-state index contributed by atoms with van der Waals surface area (Å²) in [7, 11) is 0. The number of aliphatic carboxylic acids is 1. The SMILES string of the molecule is O=C(CCC(=O)Nc1ccccc1)NNC(=O)[C@@H]1CCCC[C@@H]1C(=O)[O-]. The average Bonchev–Trinajstić information content (AvgIpc) is 2.65. The van der Waals surface area contributed by atoms with Crippen LogP contribution in [0.4, 0.5) is 5.69 Å². The van der Waals surface area contributed by atoms with E-state index in [0.717, 1.165) is 12.8 Å². The third kappa shape index (κ3) is 5.87. The van der Waals surface area contributed by atoms with Crippen molar-refractivity contribution in [3.63, 3.8) is 0 Å². The number of carboxylic acids is 1. The third-order valence-electron chi connectivity index (χ3n) is 4.37. The van der Waals surface area contributed by atoms with Crippen LogP contribution in [0.3, 0.4) is 0 Å². The number of amides is 3. The molecular weight excluding hydrogens is 338 g/mol. The van der Waals surface area contributed by atoms with E-state index in [1.165, 1.54) is 0 Å². The number of para-hydroxylation sites is 1. The second-order valence-electron chi connectivity index (χ2n) is 6.27. The number of carbonyl (C=O) groups excluding carboxylic acids is 4. The van der Waals surface area contributed by atoms with E-state index >= 15 is 0 Å². The lowest BCUT2D eigenvalue weighted by atomic mass is 9.79. The number of hydrazine groups is 1. The van der Waals surface area contributed by atoms with Crippen molar-refractivity contribution in [3.05, 3.63) is 30.3 Å². The number of benzene rings is 1. The number of rotatable bonds is 6. The number of carboxylic acid groups (broad SMARTS) is 1. The van der Waals surface area contributed by atoms with Gasteiger partial charge in [-0.05, 0) is 25.0 Å². The monoisotopic (exact) mass is 360 g/mol. The Morgan fingerprint density at radius 1 is 0.885 bits per heavy atom. The fourth-order valence-corrected chi connectivity index (χ4v) is 2.99. The summed E-state index contributed by atoms with van der Waals surface area (Å²) < 4.78 is 0. The van der Waals surface area contributed by atoms with Crippen molar-refractivity contribution >= 4 is 29.4 Å². The van der Waals surface area contributed by atoms with E-state index in [2.05, 4.69) is 16.2 Å². The van der Waals surface area contributed by atoms with Crippen LogP contribution in [0.5, 0.6) is 0 Å². The van der Waals surface area contributed by atoms with Gasteiger partial charge in [-0.2, -0.15) is 0 Å². The largest absolute Gasteiger partial charge is 0.550 e. The minimum atomic E-state index is -1.24. The molecule has 0 aromatic heterocycles. The lowest BCUT2D eigenvalue weighted by Crippen LogP contribution is -2.49. The number of hydrogen-bond acceptors (Lipinski definition) is 5. The molecule has 140 valence electrons. The molecule has 0 radical (unpaired) electrons. The molecule has 2 rings (SSSR count). The van der Waals surface area contributed by atoms with Crippen LogP contribution in [-0.2, 0) is 19.2 Å². The Balaban J connectivity index is 1.71. The Bertz CT molecular complexity index is 662. The van der Waals surface area contributed by atoms with Crippen LogP contribution < -0.4 is 21.3 Å². The summed E-state index contributed by atoms with van der Waals surface area (Å²) in [6.07, 6.45) is 2.20. The molecule has 26 heavy (non-hydrogen) atoms. The minimum absolute atomic E-state index is 0.0400. The molecule has 0 unspecified atom stereocenters. The Morgan fingerprint density at radius 2 is 1.50 bits per heavy atom. The molecule has 8 heteroatoms. The van der Waals surface area contributed by atoms with Gasteiger partial charge < -0.3 is 15.2 Å². The zero-order valence-corrected chi connectivity index (χ0v) is 14.3. The lowest BCUT2D eigenvalue weighted by Gasteiger charge is -2.31. The minimum Gasteiger partial charge on any atom is -0.550 e. The quantitative estimate of drug-likeness (QED) is 0.621. The normalized spacial score (nSPS) is 19.2. The van der Waals surface area contributed by atoms with Gasteiger partial charge in [0.05, 0.1) is 0 Å². The Kier molecular flexibility index (Phi) is 7.13. The summed E-state index contributed by atoms with van der Waals surface area (Å²) in [5.41, 5.74) is 5.11. The first kappa shape index (κ1) is 19.4. The highest BCUT2D eigenvalue weighted by Crippen LogP contribution is 2.29. The van der Waals surface area contributed by atoms with Crippen LogP contribution in [0.2, 0.25) is 0 Å². The zero-order chi connectivity index (χ0) is 18.9. The van der Waals surface area contributed by atoms with E-state index < -0.39 is 29.6 Å². The van der Waals surface area contributed by atoms with Crippen LogP contribution in [0.1, 0.15) is 38.5 Å². The predicted octanol–water partition coefficient (Wildman–Crippen LogP) is 0.109. The molecule has 0 spiro atoms. The fraction of sp³-hybridized carbons (Fsp3) is 0.444. The van der Waals surface area contributed by atoms with Crippen LogP contribution in [0, 0.1) is 11.8 Å². The first-order valence-electron chi connectivity index (χ1n) is 8.62. The summed E-state index contributed by atoms with van der Waals surface area (Å²) in [5, 5.41) is 13.8. The van der Waals surface area contributed by atoms with Gasteiger partial charge in [0.1, 0.15) is 0 Å². The van der Waals surface area contributed by atoms with Gasteiger partial charge in [0.15, 0.2) is 0 Å². The highest BCUT2D eigenvalue weighted by Gasteiger charge is 2.31. The molecule has 1 saturated carbocycles. The topological polar surface area (TPSA) is 127 Å². The van der Waals surface area contributed by atoms with Gasteiger partial charge in [0.2, 0.25) is 17.7 Å². The first-order valence-corrected chi connectivity index (χ1v) is 8.62. The van der Waals surface area contributed by atoms with Gasteiger partial charge in [0.25, 0.3) is 0 Å². The zero-order valence-electron chi connectivity index (χ0n) is 14.3. The predicted molar refractivity (Wildman–Crippen MR) is 91.0 cm³/mol. The van der Waals surface area contributed by atoms with Crippen LogP contribution >= 0.6 is 0 Å². The van der Waals surface area contributed by atoms with E-state index in [0.29, 0.717) is 18.5 Å². The summed E-state index contributed by atoms with van der Waals surface area (Å²) in [4.78, 5) is 46.8. The van der Waals surface area contributed by atoms with E-state index in [1.54, 1.807) is 24.3 Å². The molecule has 2 atom stereocenters. The second kappa shape index (κ2) is 9.55. The standard InChI is InChI=1S/C18H23N3O5/c22-15(19-12-6-2-1-3-7-12)10-11-16(23)20-21-17(24)13-8-4-5-9-14(13)18(25)26/h1-3,6-7,13-14H,4-5,8-11H2,(H,19,22)(H,20,23)(H,21,24)(H,25,26)/p-1/t13-,14+/m1/s1. The van der Waals surface area contributed by atoms with Gasteiger partial charge in [-0.3, -0.25) is 25.2 Å². The van der Waals surface area contributed by atoms with E-state index in [-0.39, 0.29) is 18.7 Å². The van der Waals surface area contributed by atoms with Gasteiger partial charge in [0, 0.05) is 36.3 Å². The number of nitrogens with one attached hydrogen (secondary N) is 3. The highest BCUT2D eigenvalue weighted by molar-refractivity contribution is 5.93. The molecular formula is C18H22N3O5-. The molecule has 1 aromatic rings. The molecule has 3 amide bonds. The van der Waals surface area contributed by atoms with Crippen molar-refractivity contribution < 1.29 is 24.3 Å². The van der Waals surface area contributed by atoms with Crippen LogP contribution in [-0.4, -0.2) is 23.7 Å². The van der Waals surface area contributed by atoms with E-state index in [4.69, 9.17) is 0 Å². The molecule has 8 nitrogen and oxygen atoms in total. The maximum Gasteiger partial charge on any atom is 0.242 e. The van der Waals surface area contributed by atoms with Gasteiger partial charge in [-0.15, -0.1) is 0 Å². The molecule has 1 aromatic carbocycles. The first-order chi connectivity index (χ1) is 12.5. The number of carbonyl (C=O) groups is 4. The van der Waals surface area contributed by atoms with Crippen LogP contribution in [0.25, 0.3) is 0 Å². The second-order valence-corrected chi connectivity index (χ2v) is 6.27. The van der Waals surface area contributed by atoms with Crippen molar-refractivity contribution in [1.29, 1.82) is 0 Å². The molecule has 1 aliphatic carbocycles. The van der Waals surface area contributed by atoms with E-state index in [9.17, 15) is 24.3 Å². The summed E-state index contributed by atoms with van der Waals surface area (Å²) in [6, 6.07) is 8.85. The van der Waals surface area contributed by atoms with Gasteiger partial charge in [-0.1, -0.05) is 31.0 Å². The van der Waals surface area contributed by atoms with Crippen molar-refractivity contribution in [2.45, 2.75) is 38.5 Å². The van der Waals surface area contributed by atoms with E-state index in [1.807, 2.05) is 6.07 Å². The Hall–Kier alpha value is -2.90. The molecule has 0 saturated heterocycles. The van der Waals surface area contributed by atoms with Crippen molar-refractivity contribution in [3.8, 4) is 0 Å². The highest BCUT2D eigenvalue weighted by atomic mass is 16.4. The van der Waals surface area contributed by atoms with Gasteiger partial charge in [-0.25, -0.2) is 0 Å². The summed E-state index contributed by atoms with van der Waals surface area (Å²) in [5.74, 6) is -4.17. The average molecular weight is 360 g/mol. The fourth-order valence-electron chi connectivity index (χ4n) is 2.99. The van der Waals surface area contributed by atoms with Crippen molar-refractivity contribution in [2.75, 3.05) is 5.32 Å². The summed E-state index contributed by atoms with van der Waals surface area (Å²) >= 11 is 0.